The van der Waals surface area contributed by atoms with Crippen molar-refractivity contribution in [1.82, 2.24) is 9.13 Å². The van der Waals surface area contributed by atoms with Crippen LogP contribution in [-0.2, 0) is 24.3 Å². The summed E-state index contributed by atoms with van der Waals surface area (Å²) >= 11 is 5.77. The van der Waals surface area contributed by atoms with Crippen LogP contribution in [-0.4, -0.2) is 15.0 Å². The SMILES string of the molecule is Cn1cc(NC(=O)C(C)(C)c2cccc(Cl)c2F)c(=O)n(C)c1=O. The van der Waals surface area contributed by atoms with Crippen LogP contribution >= 0.6 is 11.6 Å². The maximum atomic E-state index is 14.2. The largest absolute Gasteiger partial charge is 0.330 e. The molecule has 1 heterocycles. The molecule has 1 amide bonds. The fourth-order valence-corrected chi connectivity index (χ4v) is 2.46. The van der Waals surface area contributed by atoms with E-state index in [-0.39, 0.29) is 16.3 Å². The van der Waals surface area contributed by atoms with E-state index in [1.54, 1.807) is 6.07 Å². The summed E-state index contributed by atoms with van der Waals surface area (Å²) < 4.78 is 16.3. The van der Waals surface area contributed by atoms with Gasteiger partial charge in [0.2, 0.25) is 5.91 Å². The van der Waals surface area contributed by atoms with Crippen molar-refractivity contribution in [3.63, 3.8) is 0 Å². The molecule has 0 fully saturated rings. The molecule has 0 spiro atoms. The molecule has 8 heteroatoms. The number of aromatic nitrogens is 2. The van der Waals surface area contributed by atoms with Crippen LogP contribution < -0.4 is 16.6 Å². The third-order valence-electron chi connectivity index (χ3n) is 3.89. The Kier molecular flexibility index (Phi) is 4.66. The maximum absolute atomic E-state index is 14.2. The second kappa shape index (κ2) is 6.24. The van der Waals surface area contributed by atoms with Gasteiger partial charge in [-0.2, -0.15) is 0 Å². The summed E-state index contributed by atoms with van der Waals surface area (Å²) in [5.74, 6) is -1.29. The van der Waals surface area contributed by atoms with Crippen molar-refractivity contribution in [2.45, 2.75) is 19.3 Å². The number of nitrogens with one attached hydrogen (secondary N) is 1. The van der Waals surface area contributed by atoms with Gasteiger partial charge in [-0.15, -0.1) is 0 Å². The summed E-state index contributed by atoms with van der Waals surface area (Å²) in [5.41, 5.74) is -2.41. The van der Waals surface area contributed by atoms with Crippen LogP contribution in [0.2, 0.25) is 5.02 Å². The lowest BCUT2D eigenvalue weighted by Gasteiger charge is -2.25. The Bertz CT molecular complexity index is 931. The molecule has 24 heavy (non-hydrogen) atoms. The molecule has 0 radical (unpaired) electrons. The first kappa shape index (κ1) is 17.9. The predicted octanol–water partition coefficient (Wildman–Crippen LogP) is 1.79. The highest BCUT2D eigenvalue weighted by Crippen LogP contribution is 2.30. The smallest absolute Gasteiger partial charge is 0.319 e. The number of halogens is 2. The van der Waals surface area contributed by atoms with Crippen molar-refractivity contribution < 1.29 is 9.18 Å². The molecule has 0 saturated carbocycles. The molecule has 0 saturated heterocycles. The number of nitrogens with zero attached hydrogens (tertiary/aromatic N) is 2. The Morgan fingerprint density at radius 2 is 1.88 bits per heavy atom. The fourth-order valence-electron chi connectivity index (χ4n) is 2.28. The van der Waals surface area contributed by atoms with Gasteiger partial charge in [0.05, 0.1) is 10.4 Å². The molecule has 1 aromatic heterocycles. The molecule has 128 valence electrons. The average Bonchev–Trinajstić information content (AvgIpc) is 2.52. The second-order valence-electron chi connectivity index (χ2n) is 5.98. The third-order valence-corrected chi connectivity index (χ3v) is 4.18. The summed E-state index contributed by atoms with van der Waals surface area (Å²) in [6.07, 6.45) is 1.23. The standard InChI is InChI=1S/C16H17ClFN3O3/c1-16(2,9-6-5-7-10(17)12(9)18)14(23)19-11-8-20(3)15(24)21(4)13(11)22/h5-8H,1-4H3,(H,19,23). The van der Waals surface area contributed by atoms with E-state index < -0.39 is 28.4 Å². The molecule has 2 aromatic rings. The molecule has 0 bridgehead atoms. The number of carbonyl (C=O) groups excluding carboxylic acids is 1. The zero-order chi connectivity index (χ0) is 18.2. The lowest BCUT2D eigenvalue weighted by Crippen LogP contribution is -2.41. The van der Waals surface area contributed by atoms with Crippen LogP contribution in [0, 0.1) is 5.82 Å². The molecule has 0 unspecified atom stereocenters. The normalized spacial score (nSPS) is 11.4. The first-order valence-electron chi connectivity index (χ1n) is 7.10. The first-order valence-corrected chi connectivity index (χ1v) is 7.47. The average molecular weight is 354 g/mol. The van der Waals surface area contributed by atoms with Crippen molar-refractivity contribution in [1.29, 1.82) is 0 Å². The van der Waals surface area contributed by atoms with Crippen molar-refractivity contribution in [3.05, 3.63) is 61.6 Å². The lowest BCUT2D eigenvalue weighted by molar-refractivity contribution is -0.120. The van der Waals surface area contributed by atoms with Crippen LogP contribution in [0.1, 0.15) is 19.4 Å². The van der Waals surface area contributed by atoms with E-state index in [9.17, 15) is 18.8 Å². The highest BCUT2D eigenvalue weighted by atomic mass is 35.5. The van der Waals surface area contributed by atoms with E-state index >= 15 is 0 Å². The summed E-state index contributed by atoms with van der Waals surface area (Å²) in [5, 5.41) is 2.37. The number of hydrogen-bond acceptors (Lipinski definition) is 3. The third kappa shape index (κ3) is 2.99. The minimum Gasteiger partial charge on any atom is -0.319 e. The Morgan fingerprint density at radius 3 is 2.50 bits per heavy atom. The highest BCUT2D eigenvalue weighted by Gasteiger charge is 2.33. The number of carbonyl (C=O) groups is 1. The monoisotopic (exact) mass is 353 g/mol. The van der Waals surface area contributed by atoms with Gasteiger partial charge < -0.3 is 9.88 Å². The van der Waals surface area contributed by atoms with Gasteiger partial charge in [-0.25, -0.2) is 9.18 Å². The molecular formula is C16H17ClFN3O3. The lowest BCUT2D eigenvalue weighted by atomic mass is 9.83. The van der Waals surface area contributed by atoms with Gasteiger partial charge >= 0.3 is 5.69 Å². The number of amides is 1. The Morgan fingerprint density at radius 1 is 1.25 bits per heavy atom. The first-order chi connectivity index (χ1) is 11.1. The van der Waals surface area contributed by atoms with E-state index in [2.05, 4.69) is 5.32 Å². The summed E-state index contributed by atoms with van der Waals surface area (Å²) in [4.78, 5) is 36.4. The molecular weight excluding hydrogens is 337 g/mol. The van der Waals surface area contributed by atoms with Crippen LogP contribution in [0.15, 0.2) is 34.0 Å². The van der Waals surface area contributed by atoms with E-state index in [1.807, 2.05) is 0 Å². The predicted molar refractivity (Wildman–Crippen MR) is 90.0 cm³/mol. The highest BCUT2D eigenvalue weighted by molar-refractivity contribution is 6.30. The molecule has 2 rings (SSSR count). The summed E-state index contributed by atoms with van der Waals surface area (Å²) in [6, 6.07) is 4.39. The summed E-state index contributed by atoms with van der Waals surface area (Å²) in [7, 11) is 2.77. The van der Waals surface area contributed by atoms with Gasteiger partial charge in [-0.3, -0.25) is 14.2 Å². The molecule has 1 aromatic carbocycles. The number of rotatable bonds is 3. The zero-order valence-corrected chi connectivity index (χ0v) is 14.4. The van der Waals surface area contributed by atoms with E-state index in [4.69, 9.17) is 11.6 Å². The molecule has 0 atom stereocenters. The topological polar surface area (TPSA) is 73.1 Å². The molecule has 6 nitrogen and oxygen atoms in total. The van der Waals surface area contributed by atoms with Crippen molar-refractivity contribution in [2.75, 3.05) is 5.32 Å². The Labute approximate surface area is 142 Å². The van der Waals surface area contributed by atoms with Gasteiger partial charge in [-0.05, 0) is 19.9 Å². The molecule has 0 aliphatic rings. The van der Waals surface area contributed by atoms with Crippen molar-refractivity contribution in [2.24, 2.45) is 14.1 Å². The minimum atomic E-state index is -1.28. The van der Waals surface area contributed by atoms with Gasteiger partial charge in [0.25, 0.3) is 5.56 Å². The van der Waals surface area contributed by atoms with Gasteiger partial charge in [0, 0.05) is 25.9 Å². The van der Waals surface area contributed by atoms with Crippen molar-refractivity contribution in [3.8, 4) is 0 Å². The second-order valence-corrected chi connectivity index (χ2v) is 6.39. The number of hydrogen-bond donors (Lipinski definition) is 1. The van der Waals surface area contributed by atoms with Crippen LogP contribution in [0.5, 0.6) is 0 Å². The quantitative estimate of drug-likeness (QED) is 0.914. The number of benzene rings is 1. The van der Waals surface area contributed by atoms with E-state index in [1.165, 1.54) is 50.8 Å². The van der Waals surface area contributed by atoms with Crippen molar-refractivity contribution >= 4 is 23.2 Å². The van der Waals surface area contributed by atoms with Gasteiger partial charge in [-0.1, -0.05) is 23.7 Å². The van der Waals surface area contributed by atoms with E-state index in [0.29, 0.717) is 0 Å². The molecule has 1 N–H and O–H groups in total. The number of anilines is 1. The van der Waals surface area contributed by atoms with Crippen LogP contribution in [0.3, 0.4) is 0 Å². The van der Waals surface area contributed by atoms with E-state index in [0.717, 1.165) is 4.57 Å². The minimum absolute atomic E-state index is 0.0693. The summed E-state index contributed by atoms with van der Waals surface area (Å²) in [6.45, 7) is 3.03. The Balaban J connectivity index is 2.45. The maximum Gasteiger partial charge on any atom is 0.330 e. The number of aryl methyl sites for hydroxylation is 1. The molecule has 0 aliphatic carbocycles. The van der Waals surface area contributed by atoms with Crippen LogP contribution in [0.25, 0.3) is 0 Å². The fraction of sp³-hybridized carbons (Fsp3) is 0.312. The van der Waals surface area contributed by atoms with Gasteiger partial charge in [0.15, 0.2) is 0 Å². The van der Waals surface area contributed by atoms with Crippen LogP contribution in [0.4, 0.5) is 10.1 Å². The zero-order valence-electron chi connectivity index (χ0n) is 13.7. The molecule has 0 aliphatic heterocycles. The van der Waals surface area contributed by atoms with Gasteiger partial charge in [0.1, 0.15) is 11.5 Å². The Hall–Kier alpha value is -2.41.